The molecule has 182 valence electrons. The highest BCUT2D eigenvalue weighted by molar-refractivity contribution is 5.92. The molecule has 36 heavy (non-hydrogen) atoms. The summed E-state index contributed by atoms with van der Waals surface area (Å²) in [5.41, 5.74) is 10.5. The van der Waals surface area contributed by atoms with Crippen LogP contribution in [0.3, 0.4) is 0 Å². The SMILES string of the molecule is CCn1nc(C)cc1NC(=O)Cn1cnc2c(Nc3ccc(-c4ccc(O)cc4)cc3)nc(N)nc21. The van der Waals surface area contributed by atoms with Crippen molar-refractivity contribution in [3.05, 3.63) is 66.6 Å². The van der Waals surface area contributed by atoms with Crippen LogP contribution in [0.25, 0.3) is 22.3 Å². The predicted molar refractivity (Wildman–Crippen MR) is 138 cm³/mol. The zero-order valence-electron chi connectivity index (χ0n) is 19.8. The van der Waals surface area contributed by atoms with Gasteiger partial charge in [0.15, 0.2) is 17.0 Å². The number of nitrogens with zero attached hydrogens (tertiary/aromatic N) is 6. The van der Waals surface area contributed by atoms with Gasteiger partial charge in [-0.3, -0.25) is 4.79 Å². The molecule has 0 spiro atoms. The number of nitrogens with two attached hydrogens (primary N) is 1. The van der Waals surface area contributed by atoms with Crippen LogP contribution in [0.15, 0.2) is 60.9 Å². The number of carbonyl (C=O) groups excluding carboxylic acids is 1. The first-order valence-corrected chi connectivity index (χ1v) is 11.4. The van der Waals surface area contributed by atoms with Crippen LogP contribution in [0, 0.1) is 6.92 Å². The number of hydrogen-bond donors (Lipinski definition) is 4. The summed E-state index contributed by atoms with van der Waals surface area (Å²) in [6, 6.07) is 16.6. The maximum Gasteiger partial charge on any atom is 0.245 e. The van der Waals surface area contributed by atoms with Crippen LogP contribution in [-0.4, -0.2) is 40.3 Å². The molecule has 0 atom stereocenters. The molecule has 11 heteroatoms. The molecule has 5 N–H and O–H groups in total. The van der Waals surface area contributed by atoms with E-state index in [0.717, 1.165) is 22.5 Å². The molecule has 5 rings (SSSR count). The van der Waals surface area contributed by atoms with Crippen LogP contribution in [0.2, 0.25) is 0 Å². The molecule has 11 nitrogen and oxygen atoms in total. The fourth-order valence-corrected chi connectivity index (χ4v) is 3.92. The number of aromatic nitrogens is 6. The van der Waals surface area contributed by atoms with E-state index < -0.39 is 0 Å². The summed E-state index contributed by atoms with van der Waals surface area (Å²) in [6.45, 7) is 4.48. The van der Waals surface area contributed by atoms with Crippen LogP contribution >= 0.6 is 0 Å². The highest BCUT2D eigenvalue weighted by atomic mass is 16.3. The van der Waals surface area contributed by atoms with Gasteiger partial charge in [-0.25, -0.2) is 9.67 Å². The van der Waals surface area contributed by atoms with Crippen molar-refractivity contribution in [1.29, 1.82) is 0 Å². The van der Waals surface area contributed by atoms with Gasteiger partial charge in [-0.15, -0.1) is 0 Å². The highest BCUT2D eigenvalue weighted by Crippen LogP contribution is 2.27. The third-order valence-electron chi connectivity index (χ3n) is 5.61. The lowest BCUT2D eigenvalue weighted by Gasteiger charge is -2.10. The van der Waals surface area contributed by atoms with Crippen molar-refractivity contribution >= 4 is 40.3 Å². The van der Waals surface area contributed by atoms with Crippen molar-refractivity contribution in [3.63, 3.8) is 0 Å². The number of nitrogens with one attached hydrogen (secondary N) is 2. The maximum atomic E-state index is 12.7. The first-order valence-electron chi connectivity index (χ1n) is 11.4. The summed E-state index contributed by atoms with van der Waals surface area (Å²) in [4.78, 5) is 25.8. The Morgan fingerprint density at radius 3 is 2.44 bits per heavy atom. The highest BCUT2D eigenvalue weighted by Gasteiger charge is 2.16. The Labute approximate surface area is 206 Å². The second kappa shape index (κ2) is 9.37. The summed E-state index contributed by atoms with van der Waals surface area (Å²) in [7, 11) is 0. The van der Waals surface area contributed by atoms with Gasteiger partial charge < -0.3 is 26.0 Å². The summed E-state index contributed by atoms with van der Waals surface area (Å²) in [6.07, 6.45) is 1.54. The first kappa shape index (κ1) is 22.8. The largest absolute Gasteiger partial charge is 0.508 e. The number of aromatic hydroxyl groups is 1. The van der Waals surface area contributed by atoms with Crippen LogP contribution in [0.4, 0.5) is 23.3 Å². The van der Waals surface area contributed by atoms with Gasteiger partial charge in [0, 0.05) is 18.3 Å². The molecule has 0 aliphatic heterocycles. The van der Waals surface area contributed by atoms with E-state index in [1.54, 1.807) is 27.7 Å². The molecule has 0 fully saturated rings. The quantitative estimate of drug-likeness (QED) is 0.274. The number of rotatable bonds is 7. The van der Waals surface area contributed by atoms with Gasteiger partial charge in [-0.1, -0.05) is 24.3 Å². The van der Waals surface area contributed by atoms with E-state index >= 15 is 0 Å². The maximum absolute atomic E-state index is 12.7. The molecule has 0 radical (unpaired) electrons. The van der Waals surface area contributed by atoms with E-state index in [0.29, 0.717) is 29.3 Å². The average Bonchev–Trinajstić information content (AvgIpc) is 3.42. The molecular weight excluding hydrogens is 458 g/mol. The number of phenols is 1. The third-order valence-corrected chi connectivity index (χ3v) is 5.61. The Hall–Kier alpha value is -4.93. The molecule has 3 heterocycles. The first-order chi connectivity index (χ1) is 17.4. The number of aryl methyl sites for hydroxylation is 2. The number of amides is 1. The Morgan fingerprint density at radius 2 is 1.75 bits per heavy atom. The van der Waals surface area contributed by atoms with Crippen molar-refractivity contribution in [1.82, 2.24) is 29.3 Å². The van der Waals surface area contributed by atoms with Crippen LogP contribution in [-0.2, 0) is 17.9 Å². The van der Waals surface area contributed by atoms with Gasteiger partial charge >= 0.3 is 0 Å². The zero-order chi connectivity index (χ0) is 25.2. The number of imidazole rings is 1. The van der Waals surface area contributed by atoms with Crippen LogP contribution in [0.5, 0.6) is 5.75 Å². The number of hydrogen-bond acceptors (Lipinski definition) is 8. The molecule has 1 amide bonds. The third kappa shape index (κ3) is 4.67. The normalized spacial score (nSPS) is 11.1. The second-order valence-electron chi connectivity index (χ2n) is 8.26. The molecule has 2 aromatic carbocycles. The van der Waals surface area contributed by atoms with E-state index in [1.807, 2.05) is 56.3 Å². The molecule has 5 aromatic rings. The summed E-state index contributed by atoms with van der Waals surface area (Å²) in [5.74, 6) is 1.13. The standard InChI is InChI=1S/C25H25N9O2/c1-3-34-20(12-15(2)32-34)29-21(36)13-33-14-27-22-23(30-25(26)31-24(22)33)28-18-8-4-16(5-9-18)17-6-10-19(35)11-7-17/h4-12,14,35H,3,13H2,1-2H3,(H,29,36)(H3,26,28,30,31). The lowest BCUT2D eigenvalue weighted by Crippen LogP contribution is -2.20. The minimum atomic E-state index is -0.236. The van der Waals surface area contributed by atoms with E-state index in [-0.39, 0.29) is 24.1 Å². The monoisotopic (exact) mass is 483 g/mol. The molecule has 3 aromatic heterocycles. The van der Waals surface area contributed by atoms with Gasteiger partial charge in [-0.2, -0.15) is 15.1 Å². The molecule has 0 saturated carbocycles. The Balaban J connectivity index is 1.35. The topological polar surface area (TPSA) is 149 Å². The van der Waals surface area contributed by atoms with Crippen LogP contribution in [0.1, 0.15) is 12.6 Å². The predicted octanol–water partition coefficient (Wildman–Crippen LogP) is 3.69. The van der Waals surface area contributed by atoms with Gasteiger partial charge in [0.1, 0.15) is 18.1 Å². The van der Waals surface area contributed by atoms with Crippen molar-refractivity contribution in [2.24, 2.45) is 0 Å². The Bertz CT molecular complexity index is 1540. The van der Waals surface area contributed by atoms with Gasteiger partial charge in [0.05, 0.1) is 12.0 Å². The van der Waals surface area contributed by atoms with E-state index in [4.69, 9.17) is 5.73 Å². The molecule has 0 aliphatic rings. The van der Waals surface area contributed by atoms with Gasteiger partial charge in [0.2, 0.25) is 11.9 Å². The molecule has 0 bridgehead atoms. The van der Waals surface area contributed by atoms with Crippen molar-refractivity contribution in [2.45, 2.75) is 26.9 Å². The van der Waals surface area contributed by atoms with E-state index in [2.05, 4.69) is 30.7 Å². The number of benzene rings is 2. The lowest BCUT2D eigenvalue weighted by atomic mass is 10.1. The van der Waals surface area contributed by atoms with Crippen molar-refractivity contribution < 1.29 is 9.90 Å². The Kier molecular flexibility index (Phi) is 5.95. The van der Waals surface area contributed by atoms with E-state index in [9.17, 15) is 9.90 Å². The van der Waals surface area contributed by atoms with Crippen molar-refractivity contribution in [3.8, 4) is 16.9 Å². The van der Waals surface area contributed by atoms with Gasteiger partial charge in [-0.05, 0) is 49.2 Å². The minimum Gasteiger partial charge on any atom is -0.508 e. The molecule has 0 unspecified atom stereocenters. The summed E-state index contributed by atoms with van der Waals surface area (Å²) < 4.78 is 3.36. The van der Waals surface area contributed by atoms with Crippen molar-refractivity contribution in [2.75, 3.05) is 16.4 Å². The molecular formula is C25H25N9O2. The number of nitrogen functional groups attached to an aromatic ring is 1. The molecule has 0 saturated heterocycles. The lowest BCUT2D eigenvalue weighted by molar-refractivity contribution is -0.116. The fourth-order valence-electron chi connectivity index (χ4n) is 3.92. The summed E-state index contributed by atoms with van der Waals surface area (Å²) >= 11 is 0. The number of phenolic OH excluding ortho intramolecular Hbond substituents is 1. The van der Waals surface area contributed by atoms with Crippen LogP contribution < -0.4 is 16.4 Å². The smallest absolute Gasteiger partial charge is 0.245 e. The van der Waals surface area contributed by atoms with E-state index in [1.165, 1.54) is 0 Å². The summed E-state index contributed by atoms with van der Waals surface area (Å²) in [5, 5.41) is 20.0. The second-order valence-corrected chi connectivity index (χ2v) is 8.26. The number of anilines is 4. The average molecular weight is 484 g/mol. The minimum absolute atomic E-state index is 0.00165. The number of carbonyl (C=O) groups is 1. The fraction of sp³-hybridized carbons (Fsp3) is 0.160. The zero-order valence-corrected chi connectivity index (χ0v) is 19.8. The molecule has 0 aliphatic carbocycles. The van der Waals surface area contributed by atoms with Gasteiger partial charge in [0.25, 0.3) is 0 Å². The number of fused-ring (bicyclic) bond motifs is 1. The Morgan fingerprint density at radius 1 is 1.06 bits per heavy atom.